The van der Waals surface area contributed by atoms with E-state index in [2.05, 4.69) is 4.18 Å². The van der Waals surface area contributed by atoms with Gasteiger partial charge in [0.15, 0.2) is 27.9 Å². The van der Waals surface area contributed by atoms with Crippen molar-refractivity contribution in [2.75, 3.05) is 7.11 Å². The Morgan fingerprint density at radius 1 is 1.40 bits per heavy atom. The molecular formula is C5H6Cl3NO4S2. The second-order valence-corrected chi connectivity index (χ2v) is 5.67. The average Bonchev–Trinajstić information content (AvgIpc) is 2.33. The van der Waals surface area contributed by atoms with E-state index in [-0.39, 0.29) is 0 Å². The van der Waals surface area contributed by atoms with E-state index in [9.17, 15) is 13.0 Å². The summed E-state index contributed by atoms with van der Waals surface area (Å²) < 4.78 is 33.3. The first-order valence-electron chi connectivity index (χ1n) is 3.20. The van der Waals surface area contributed by atoms with Crippen molar-refractivity contribution in [3.63, 3.8) is 0 Å². The van der Waals surface area contributed by atoms with Gasteiger partial charge in [0, 0.05) is 0 Å². The molecule has 0 atom stereocenters. The summed E-state index contributed by atoms with van der Waals surface area (Å²) in [4.78, 5) is 0. The van der Waals surface area contributed by atoms with Crippen LogP contribution >= 0.6 is 46.3 Å². The summed E-state index contributed by atoms with van der Waals surface area (Å²) in [6, 6.07) is 0. The lowest BCUT2D eigenvalue weighted by Crippen LogP contribution is -2.21. The number of rotatable bonds is 1. The molecule has 0 unspecified atom stereocenters. The maximum absolute atomic E-state index is 9.22. The molecule has 5 nitrogen and oxygen atoms in total. The van der Waals surface area contributed by atoms with E-state index in [0.717, 1.165) is 7.11 Å². The standard InChI is InChI=1S/C4H3Cl3NS.CH4O4S/c1-8-3(6)2(5)4(7)9-8;1-5-6(2,3)4/h1H3;1H3,(H,2,3,4)/q+1;/p-1. The third kappa shape index (κ3) is 5.86. The molecule has 0 radical (unpaired) electrons. The minimum Gasteiger partial charge on any atom is -0.726 e. The quantitative estimate of drug-likeness (QED) is 0.449. The second kappa shape index (κ2) is 6.19. The van der Waals surface area contributed by atoms with Crippen LogP contribution in [0.25, 0.3) is 0 Å². The zero-order valence-electron chi connectivity index (χ0n) is 7.53. The highest BCUT2D eigenvalue weighted by atomic mass is 35.5. The van der Waals surface area contributed by atoms with Gasteiger partial charge in [-0.25, -0.2) is 8.42 Å². The molecule has 88 valence electrons. The average molecular weight is 315 g/mol. The van der Waals surface area contributed by atoms with Gasteiger partial charge < -0.3 is 4.55 Å². The molecule has 15 heavy (non-hydrogen) atoms. The number of halogens is 3. The zero-order chi connectivity index (χ0) is 12.2. The largest absolute Gasteiger partial charge is 0.726 e. The van der Waals surface area contributed by atoms with Crippen molar-refractivity contribution in [3.8, 4) is 0 Å². The van der Waals surface area contributed by atoms with Crippen molar-refractivity contribution >= 4 is 56.7 Å². The van der Waals surface area contributed by atoms with Gasteiger partial charge in [0.05, 0.1) is 7.11 Å². The Hall–Kier alpha value is 0.370. The minimum absolute atomic E-state index is 0.436. The zero-order valence-corrected chi connectivity index (χ0v) is 11.4. The lowest BCUT2D eigenvalue weighted by molar-refractivity contribution is -0.598. The highest BCUT2D eigenvalue weighted by Crippen LogP contribution is 2.30. The molecule has 0 aliphatic heterocycles. The molecule has 0 aliphatic carbocycles. The number of hydrogen-bond donors (Lipinski definition) is 0. The van der Waals surface area contributed by atoms with Crippen molar-refractivity contribution in [1.82, 2.24) is 0 Å². The molecule has 0 spiro atoms. The van der Waals surface area contributed by atoms with E-state index in [1.807, 2.05) is 0 Å². The molecule has 0 bridgehead atoms. The van der Waals surface area contributed by atoms with E-state index in [1.54, 1.807) is 11.0 Å². The predicted octanol–water partition coefficient (Wildman–Crippen LogP) is 1.63. The molecule has 1 rings (SSSR count). The van der Waals surface area contributed by atoms with Crippen molar-refractivity contribution in [3.05, 3.63) is 14.5 Å². The van der Waals surface area contributed by atoms with Crippen LogP contribution < -0.4 is 3.96 Å². The van der Waals surface area contributed by atoms with E-state index in [1.165, 1.54) is 11.5 Å². The Balaban J connectivity index is 0.000000288. The molecule has 1 heterocycles. The summed E-state index contributed by atoms with van der Waals surface area (Å²) in [6.45, 7) is 0. The summed E-state index contributed by atoms with van der Waals surface area (Å²) >= 11 is 18.2. The van der Waals surface area contributed by atoms with Gasteiger partial charge in [-0.05, 0) is 11.6 Å². The Kier molecular flexibility index (Phi) is 6.34. The fourth-order valence-corrected chi connectivity index (χ4v) is 1.99. The van der Waals surface area contributed by atoms with Crippen LogP contribution in [-0.4, -0.2) is 20.1 Å². The molecule has 1 aromatic rings. The Morgan fingerprint density at radius 3 is 1.87 bits per heavy atom. The van der Waals surface area contributed by atoms with Crippen LogP contribution in [0.2, 0.25) is 14.5 Å². The molecule has 10 heteroatoms. The fraction of sp³-hybridized carbons (Fsp3) is 0.400. The third-order valence-corrected chi connectivity index (χ3v) is 3.89. The highest BCUT2D eigenvalue weighted by molar-refractivity contribution is 7.80. The SMILES string of the molecule is COS(=O)(=O)[O-].C[n+]1sc(Cl)c(Cl)c1Cl. The monoisotopic (exact) mass is 313 g/mol. The van der Waals surface area contributed by atoms with Crippen LogP contribution in [0.4, 0.5) is 0 Å². The molecule has 0 N–H and O–H groups in total. The van der Waals surface area contributed by atoms with Crippen LogP contribution in [0, 0.1) is 0 Å². The molecule has 0 aliphatic rings. The van der Waals surface area contributed by atoms with Gasteiger partial charge in [0.2, 0.25) is 10.4 Å². The van der Waals surface area contributed by atoms with E-state index < -0.39 is 10.4 Å². The maximum atomic E-state index is 9.22. The normalized spacial score (nSPS) is 10.8. The third-order valence-electron chi connectivity index (χ3n) is 1.05. The summed E-state index contributed by atoms with van der Waals surface area (Å²) in [5.41, 5.74) is 0. The Morgan fingerprint density at radius 2 is 1.80 bits per heavy atom. The van der Waals surface area contributed by atoms with Gasteiger partial charge in [-0.3, -0.25) is 4.18 Å². The van der Waals surface area contributed by atoms with Gasteiger partial charge in [-0.15, -0.1) is 3.96 Å². The van der Waals surface area contributed by atoms with Gasteiger partial charge in [0.1, 0.15) is 0 Å². The summed E-state index contributed by atoms with van der Waals surface area (Å²) in [6.07, 6.45) is 0. The van der Waals surface area contributed by atoms with Gasteiger partial charge in [-0.1, -0.05) is 23.2 Å². The van der Waals surface area contributed by atoms with Gasteiger partial charge in [0.25, 0.3) is 0 Å². The molecule has 0 saturated carbocycles. The number of aryl methyl sites for hydroxylation is 1. The van der Waals surface area contributed by atoms with Crippen molar-refractivity contribution in [2.45, 2.75) is 0 Å². The number of nitrogens with zero attached hydrogens (tertiary/aromatic N) is 1. The van der Waals surface area contributed by atoms with Crippen LogP contribution in [-0.2, 0) is 21.6 Å². The van der Waals surface area contributed by atoms with Crippen LogP contribution in [0.5, 0.6) is 0 Å². The first-order valence-corrected chi connectivity index (χ1v) is 6.44. The molecule has 0 fully saturated rings. The summed E-state index contributed by atoms with van der Waals surface area (Å²) in [5, 5.41) is 0.928. The summed E-state index contributed by atoms with van der Waals surface area (Å²) in [5.74, 6) is 0. The van der Waals surface area contributed by atoms with Crippen molar-refractivity contribution in [2.24, 2.45) is 7.05 Å². The van der Waals surface area contributed by atoms with Gasteiger partial charge in [-0.2, -0.15) is 0 Å². The van der Waals surface area contributed by atoms with Crippen LogP contribution in [0.3, 0.4) is 0 Å². The van der Waals surface area contributed by atoms with E-state index in [4.69, 9.17) is 34.8 Å². The second-order valence-electron chi connectivity index (χ2n) is 2.04. The van der Waals surface area contributed by atoms with E-state index in [0.29, 0.717) is 14.5 Å². The first-order chi connectivity index (χ1) is 6.69. The van der Waals surface area contributed by atoms with Gasteiger partial charge >= 0.3 is 5.15 Å². The fourth-order valence-electron chi connectivity index (χ4n) is 0.420. The lowest BCUT2D eigenvalue weighted by Gasteiger charge is -1.98. The molecule has 0 saturated heterocycles. The van der Waals surface area contributed by atoms with E-state index >= 15 is 0 Å². The Labute approximate surface area is 106 Å². The number of aromatic nitrogens is 1. The Bertz CT molecular complexity index is 407. The molecule has 1 aromatic heterocycles. The van der Waals surface area contributed by atoms with Crippen molar-refractivity contribution < 1.29 is 21.1 Å². The minimum atomic E-state index is -4.41. The molecule has 0 aromatic carbocycles. The smallest absolute Gasteiger partial charge is 0.309 e. The maximum Gasteiger partial charge on any atom is 0.309 e. The lowest BCUT2D eigenvalue weighted by atomic mass is 10.7. The predicted molar refractivity (Wildman–Crippen MR) is 57.2 cm³/mol. The highest BCUT2D eigenvalue weighted by Gasteiger charge is 2.18. The van der Waals surface area contributed by atoms with Crippen molar-refractivity contribution in [1.29, 1.82) is 0 Å². The first kappa shape index (κ1) is 15.4. The number of hydrogen-bond acceptors (Lipinski definition) is 5. The van der Waals surface area contributed by atoms with Crippen LogP contribution in [0.1, 0.15) is 0 Å². The summed E-state index contributed by atoms with van der Waals surface area (Å²) in [7, 11) is -1.81. The topological polar surface area (TPSA) is 70.3 Å². The molecule has 0 amide bonds. The molecular weight excluding hydrogens is 309 g/mol. The van der Waals surface area contributed by atoms with Crippen LogP contribution in [0.15, 0.2) is 0 Å².